The van der Waals surface area contributed by atoms with E-state index in [0.29, 0.717) is 15.8 Å². The molecule has 0 unspecified atom stereocenters. The zero-order valence-electron chi connectivity index (χ0n) is 16.6. The maximum atomic E-state index is 13.0. The number of nitrogens with one attached hydrogen (secondary N) is 1. The van der Waals surface area contributed by atoms with Crippen molar-refractivity contribution in [3.63, 3.8) is 0 Å². The fourth-order valence-corrected chi connectivity index (χ4v) is 4.31. The summed E-state index contributed by atoms with van der Waals surface area (Å²) in [6, 6.07) is 10.4. The van der Waals surface area contributed by atoms with Crippen molar-refractivity contribution in [2.24, 2.45) is 0 Å². The van der Waals surface area contributed by atoms with Crippen molar-refractivity contribution >= 4 is 39.9 Å². The molecule has 4 amide bonds. The summed E-state index contributed by atoms with van der Waals surface area (Å²) in [4.78, 5) is 38.6. The summed E-state index contributed by atoms with van der Waals surface area (Å²) in [6.07, 6.45) is 4.90. The van der Waals surface area contributed by atoms with E-state index in [0.717, 1.165) is 31.2 Å². The minimum Gasteiger partial charge on any atom is -0.488 e. The number of halogens is 2. The lowest BCUT2D eigenvalue weighted by Gasteiger charge is -2.31. The monoisotopic (exact) mass is 486 g/mol. The van der Waals surface area contributed by atoms with Crippen LogP contribution in [0.2, 0.25) is 0 Å². The Morgan fingerprint density at radius 1 is 1.10 bits per heavy atom. The van der Waals surface area contributed by atoms with Gasteiger partial charge in [0.05, 0.1) is 4.47 Å². The van der Waals surface area contributed by atoms with Crippen LogP contribution >= 0.6 is 15.9 Å². The van der Waals surface area contributed by atoms with Crippen LogP contribution in [0.4, 0.5) is 9.18 Å². The highest BCUT2D eigenvalue weighted by atomic mass is 79.9. The standard InChI is InChI=1S/C23H20BrFN2O4/c24-19-12-15(7-10-20(19)31-13-14-5-8-16(25)9-6-14)11-18-21(28)26-23(30)27(22(18)29)17-3-1-2-4-17/h5-12,17H,1-4,13H2,(H,26,28,30)/b18-11+. The van der Waals surface area contributed by atoms with E-state index in [4.69, 9.17) is 4.74 Å². The van der Waals surface area contributed by atoms with E-state index >= 15 is 0 Å². The zero-order valence-corrected chi connectivity index (χ0v) is 18.2. The summed E-state index contributed by atoms with van der Waals surface area (Å²) in [6.45, 7) is 0.263. The van der Waals surface area contributed by atoms with Gasteiger partial charge in [-0.05, 0) is 70.2 Å². The number of imide groups is 2. The lowest BCUT2D eigenvalue weighted by atomic mass is 10.1. The second-order valence-electron chi connectivity index (χ2n) is 7.54. The van der Waals surface area contributed by atoms with Crippen molar-refractivity contribution in [1.29, 1.82) is 0 Å². The van der Waals surface area contributed by atoms with Crippen LogP contribution in [0.3, 0.4) is 0 Å². The Kier molecular flexibility index (Phi) is 6.18. The number of rotatable bonds is 5. The van der Waals surface area contributed by atoms with Gasteiger partial charge in [-0.2, -0.15) is 0 Å². The maximum Gasteiger partial charge on any atom is 0.331 e. The average molecular weight is 487 g/mol. The Labute approximate surface area is 187 Å². The van der Waals surface area contributed by atoms with Crippen LogP contribution in [0.25, 0.3) is 6.08 Å². The molecule has 2 fully saturated rings. The lowest BCUT2D eigenvalue weighted by Crippen LogP contribution is -2.57. The van der Waals surface area contributed by atoms with Gasteiger partial charge in [0.1, 0.15) is 23.7 Å². The molecule has 1 saturated carbocycles. The summed E-state index contributed by atoms with van der Waals surface area (Å²) in [5.41, 5.74) is 1.36. The molecule has 4 rings (SSSR count). The molecular weight excluding hydrogens is 467 g/mol. The van der Waals surface area contributed by atoms with Crippen molar-refractivity contribution in [3.8, 4) is 5.75 Å². The smallest absolute Gasteiger partial charge is 0.331 e. The van der Waals surface area contributed by atoms with Gasteiger partial charge in [0.25, 0.3) is 11.8 Å². The van der Waals surface area contributed by atoms with Gasteiger partial charge >= 0.3 is 6.03 Å². The molecule has 0 spiro atoms. The third kappa shape index (κ3) is 4.69. The quantitative estimate of drug-likeness (QED) is 0.495. The molecule has 6 nitrogen and oxygen atoms in total. The molecule has 31 heavy (non-hydrogen) atoms. The number of ether oxygens (including phenoxy) is 1. The molecule has 1 heterocycles. The van der Waals surface area contributed by atoms with E-state index in [1.165, 1.54) is 23.1 Å². The lowest BCUT2D eigenvalue weighted by molar-refractivity contribution is -0.131. The maximum absolute atomic E-state index is 13.0. The van der Waals surface area contributed by atoms with Gasteiger partial charge in [0, 0.05) is 6.04 Å². The topological polar surface area (TPSA) is 75.7 Å². The SMILES string of the molecule is O=C1NC(=O)N(C2CCCC2)C(=O)/C1=C/c1ccc(OCc2ccc(F)cc2)c(Br)c1. The van der Waals surface area contributed by atoms with Crippen molar-refractivity contribution in [1.82, 2.24) is 10.2 Å². The Morgan fingerprint density at radius 3 is 2.48 bits per heavy atom. The Hall–Kier alpha value is -3.00. The average Bonchev–Trinajstić information content (AvgIpc) is 3.26. The molecule has 2 aliphatic rings. The van der Waals surface area contributed by atoms with Crippen LogP contribution in [0, 0.1) is 5.82 Å². The first-order valence-electron chi connectivity index (χ1n) is 10.00. The molecule has 1 aliphatic carbocycles. The Morgan fingerprint density at radius 2 is 1.81 bits per heavy atom. The molecule has 0 bridgehead atoms. The number of benzene rings is 2. The Balaban J connectivity index is 1.51. The van der Waals surface area contributed by atoms with Crippen LogP contribution in [0.15, 0.2) is 52.5 Å². The number of nitrogens with zero attached hydrogens (tertiary/aromatic N) is 1. The van der Waals surface area contributed by atoms with Gasteiger partial charge < -0.3 is 4.74 Å². The van der Waals surface area contributed by atoms with Crippen LogP contribution in [-0.4, -0.2) is 28.8 Å². The van der Waals surface area contributed by atoms with Gasteiger partial charge in [-0.1, -0.05) is 31.0 Å². The van der Waals surface area contributed by atoms with Crippen molar-refractivity contribution in [3.05, 3.63) is 69.5 Å². The normalized spacial score (nSPS) is 18.6. The fraction of sp³-hybridized carbons (Fsp3) is 0.261. The third-order valence-corrected chi connectivity index (χ3v) is 6.02. The Bertz CT molecular complexity index is 1060. The van der Waals surface area contributed by atoms with Crippen LogP contribution in [0.1, 0.15) is 36.8 Å². The van der Waals surface area contributed by atoms with Gasteiger partial charge in [0.15, 0.2) is 0 Å². The molecule has 2 aromatic rings. The highest BCUT2D eigenvalue weighted by molar-refractivity contribution is 9.10. The van der Waals surface area contributed by atoms with E-state index in [-0.39, 0.29) is 24.0 Å². The van der Waals surface area contributed by atoms with E-state index in [1.54, 1.807) is 30.3 Å². The summed E-state index contributed by atoms with van der Waals surface area (Å²) in [5.74, 6) is -1.00. The van der Waals surface area contributed by atoms with Crippen molar-refractivity contribution in [2.75, 3.05) is 0 Å². The molecule has 2 aromatic carbocycles. The van der Waals surface area contributed by atoms with E-state index in [9.17, 15) is 18.8 Å². The second-order valence-corrected chi connectivity index (χ2v) is 8.39. The predicted molar refractivity (Wildman–Crippen MR) is 115 cm³/mol. The fourth-order valence-electron chi connectivity index (χ4n) is 3.80. The molecule has 1 saturated heterocycles. The minimum atomic E-state index is -0.697. The first-order chi connectivity index (χ1) is 14.9. The van der Waals surface area contributed by atoms with Crippen LogP contribution in [-0.2, 0) is 16.2 Å². The van der Waals surface area contributed by atoms with Crippen molar-refractivity contribution < 1.29 is 23.5 Å². The number of hydrogen-bond donors (Lipinski definition) is 1. The second kappa shape index (κ2) is 9.01. The molecule has 0 atom stereocenters. The molecule has 1 aliphatic heterocycles. The molecular formula is C23H20BrFN2O4. The molecule has 1 N–H and O–H groups in total. The minimum absolute atomic E-state index is 0.0709. The molecule has 0 radical (unpaired) electrons. The number of carbonyl (C=O) groups excluding carboxylic acids is 3. The van der Waals surface area contributed by atoms with Gasteiger partial charge in [-0.15, -0.1) is 0 Å². The van der Waals surface area contributed by atoms with Gasteiger partial charge in [-0.25, -0.2) is 9.18 Å². The third-order valence-electron chi connectivity index (χ3n) is 5.40. The summed E-state index contributed by atoms with van der Waals surface area (Å²) in [5, 5.41) is 2.27. The van der Waals surface area contributed by atoms with Crippen molar-refractivity contribution in [2.45, 2.75) is 38.3 Å². The van der Waals surface area contributed by atoms with Crippen LogP contribution < -0.4 is 10.1 Å². The number of urea groups is 1. The van der Waals surface area contributed by atoms with E-state index in [1.807, 2.05) is 0 Å². The molecule has 160 valence electrons. The zero-order chi connectivity index (χ0) is 22.0. The van der Waals surface area contributed by atoms with E-state index < -0.39 is 17.8 Å². The predicted octanol–water partition coefficient (Wildman–Crippen LogP) is 4.57. The number of barbiturate groups is 1. The number of hydrogen-bond acceptors (Lipinski definition) is 4. The van der Waals surface area contributed by atoms with Gasteiger partial charge in [0.2, 0.25) is 0 Å². The highest BCUT2D eigenvalue weighted by Crippen LogP contribution is 2.30. The number of amides is 4. The first-order valence-corrected chi connectivity index (χ1v) is 10.8. The molecule has 8 heteroatoms. The molecule has 0 aromatic heterocycles. The highest BCUT2D eigenvalue weighted by Gasteiger charge is 2.40. The number of carbonyl (C=O) groups is 3. The summed E-state index contributed by atoms with van der Waals surface area (Å²) >= 11 is 3.44. The first kappa shape index (κ1) is 21.2. The van der Waals surface area contributed by atoms with Crippen LogP contribution in [0.5, 0.6) is 5.75 Å². The van der Waals surface area contributed by atoms with Gasteiger partial charge in [-0.3, -0.25) is 19.8 Å². The summed E-state index contributed by atoms with van der Waals surface area (Å²) < 4.78 is 19.4. The summed E-state index contributed by atoms with van der Waals surface area (Å²) in [7, 11) is 0. The largest absolute Gasteiger partial charge is 0.488 e. The van der Waals surface area contributed by atoms with E-state index in [2.05, 4.69) is 21.2 Å².